The highest BCUT2D eigenvalue weighted by atomic mass is 32.1. The zero-order valence-electron chi connectivity index (χ0n) is 15.1. The molecule has 146 valence electrons. The van der Waals surface area contributed by atoms with Crippen LogP contribution in [0.4, 0.5) is 5.69 Å². The number of aliphatic imine (C=N–C) groups is 1. The largest absolute Gasteiger partial charge is 0.495 e. The van der Waals surface area contributed by atoms with Crippen molar-refractivity contribution in [2.75, 3.05) is 19.5 Å². The molecular weight excluding hydrogens is 382 g/mol. The normalized spacial score (nSPS) is 18.8. The first kappa shape index (κ1) is 19.7. The maximum Gasteiger partial charge on any atom is 0.341 e. The second kappa shape index (κ2) is 8.32. The van der Waals surface area contributed by atoms with E-state index in [1.54, 1.807) is 35.7 Å². The molecule has 2 atom stereocenters. The molecule has 0 saturated heterocycles. The van der Waals surface area contributed by atoms with Gasteiger partial charge in [0, 0.05) is 23.6 Å². The van der Waals surface area contributed by atoms with E-state index in [1.165, 1.54) is 30.2 Å². The van der Waals surface area contributed by atoms with Crippen molar-refractivity contribution in [3.8, 4) is 5.75 Å². The van der Waals surface area contributed by atoms with E-state index in [0.717, 1.165) is 0 Å². The molecule has 0 aliphatic carbocycles. The Labute approximate surface area is 165 Å². The van der Waals surface area contributed by atoms with Crippen LogP contribution in [0, 0.1) is 0 Å². The number of Topliss-reactive ketones (excluding diaryl/α,β-unsaturated/α-hetero) is 1. The topological polar surface area (TPSA) is 124 Å². The number of carbonyl (C=O) groups is 2. The Kier molecular flexibility index (Phi) is 5.86. The predicted molar refractivity (Wildman–Crippen MR) is 105 cm³/mol. The number of carbonyl (C=O) groups excluding carboxylic acids is 2. The number of nitrogens with two attached hydrogens (primary N) is 1. The smallest absolute Gasteiger partial charge is 0.341 e. The lowest BCUT2D eigenvalue weighted by Gasteiger charge is -2.24. The minimum absolute atomic E-state index is 0.102. The van der Waals surface area contributed by atoms with Crippen molar-refractivity contribution in [3.05, 3.63) is 52.5 Å². The van der Waals surface area contributed by atoms with E-state index >= 15 is 0 Å². The van der Waals surface area contributed by atoms with Gasteiger partial charge >= 0.3 is 5.97 Å². The summed E-state index contributed by atoms with van der Waals surface area (Å²) in [6, 6.07) is 4.93. The first-order valence-electron chi connectivity index (χ1n) is 8.41. The number of aliphatic hydroxyl groups excluding tert-OH is 1. The number of ketones is 1. The maximum atomic E-state index is 13.2. The number of anilines is 1. The number of ether oxygens (including phenoxy) is 2. The molecule has 0 fully saturated rings. The fourth-order valence-electron chi connectivity index (χ4n) is 2.83. The Bertz CT molecular complexity index is 912. The Morgan fingerprint density at radius 1 is 1.39 bits per heavy atom. The fourth-order valence-corrected chi connectivity index (χ4v) is 3.41. The van der Waals surface area contributed by atoms with Crippen molar-refractivity contribution >= 4 is 35.0 Å². The van der Waals surface area contributed by atoms with Gasteiger partial charge in [-0.25, -0.2) is 9.78 Å². The maximum absolute atomic E-state index is 13.2. The van der Waals surface area contributed by atoms with Crippen LogP contribution >= 0.6 is 11.3 Å². The quantitative estimate of drug-likeness (QED) is 0.394. The van der Waals surface area contributed by atoms with Gasteiger partial charge in [0.25, 0.3) is 0 Å². The highest BCUT2D eigenvalue weighted by molar-refractivity contribution is 7.07. The molecule has 8 nitrogen and oxygen atoms in total. The molecule has 9 heteroatoms. The summed E-state index contributed by atoms with van der Waals surface area (Å²) < 4.78 is 10.3. The highest BCUT2D eigenvalue weighted by Gasteiger charge is 2.39. The van der Waals surface area contributed by atoms with E-state index in [0.29, 0.717) is 5.75 Å². The predicted octanol–water partition coefficient (Wildman–Crippen LogP) is 1.96. The van der Waals surface area contributed by atoms with Crippen molar-refractivity contribution in [3.63, 3.8) is 0 Å². The molecule has 1 aliphatic heterocycles. The number of thiazole rings is 1. The van der Waals surface area contributed by atoms with Gasteiger partial charge in [0.05, 0.1) is 30.6 Å². The van der Waals surface area contributed by atoms with Crippen LogP contribution in [0.25, 0.3) is 0 Å². The number of nitrogen functional groups attached to an aromatic ring is 1. The molecule has 0 spiro atoms. The zero-order chi connectivity index (χ0) is 20.1. The number of methoxy groups -OCH3 is 1. The summed E-state index contributed by atoms with van der Waals surface area (Å²) in [5, 5.41) is 11.5. The molecule has 3 rings (SSSR count). The Morgan fingerprint density at radius 3 is 2.86 bits per heavy atom. The molecule has 2 aromatic rings. The van der Waals surface area contributed by atoms with E-state index in [2.05, 4.69) is 9.98 Å². The molecule has 0 bridgehead atoms. The fraction of sp³-hybridized carbons (Fsp3) is 0.263. The van der Waals surface area contributed by atoms with E-state index in [4.69, 9.17) is 15.2 Å². The monoisotopic (exact) mass is 401 g/mol. The summed E-state index contributed by atoms with van der Waals surface area (Å²) in [5.41, 5.74) is 7.05. The first-order valence-corrected chi connectivity index (χ1v) is 9.36. The van der Waals surface area contributed by atoms with Gasteiger partial charge in [0.15, 0.2) is 11.9 Å². The van der Waals surface area contributed by atoms with E-state index in [9.17, 15) is 14.7 Å². The van der Waals surface area contributed by atoms with Crippen LogP contribution in [0.3, 0.4) is 0 Å². The first-order chi connectivity index (χ1) is 13.5. The van der Waals surface area contributed by atoms with Gasteiger partial charge in [-0.15, -0.1) is 11.3 Å². The number of aromatic nitrogens is 1. The second-order valence-electron chi connectivity index (χ2n) is 6.05. The van der Waals surface area contributed by atoms with E-state index in [-0.39, 0.29) is 35.8 Å². The average Bonchev–Trinajstić information content (AvgIpc) is 3.40. The third-order valence-electron chi connectivity index (χ3n) is 4.37. The van der Waals surface area contributed by atoms with E-state index < -0.39 is 17.6 Å². The molecule has 1 aromatic carbocycles. The number of nitrogens with zero attached hydrogens (tertiary/aromatic N) is 2. The molecule has 1 aromatic heterocycles. The van der Waals surface area contributed by atoms with Gasteiger partial charge in [-0.1, -0.05) is 6.07 Å². The van der Waals surface area contributed by atoms with Crippen LogP contribution in [0.1, 0.15) is 28.6 Å². The molecular formula is C19H19N3O5S. The van der Waals surface area contributed by atoms with Gasteiger partial charge in [0.2, 0.25) is 0 Å². The lowest BCUT2D eigenvalue weighted by atomic mass is 9.86. The minimum Gasteiger partial charge on any atom is -0.495 e. The van der Waals surface area contributed by atoms with Crippen molar-refractivity contribution in [2.24, 2.45) is 4.99 Å². The summed E-state index contributed by atoms with van der Waals surface area (Å²) in [6.45, 7) is -0.114. The minimum atomic E-state index is -1.46. The van der Waals surface area contributed by atoms with Crippen LogP contribution in [0.2, 0.25) is 0 Å². The lowest BCUT2D eigenvalue weighted by molar-refractivity contribution is -0.154. The molecule has 0 amide bonds. The van der Waals surface area contributed by atoms with Gasteiger partial charge in [-0.2, -0.15) is 0 Å². The average molecular weight is 401 g/mol. The SMILES string of the molecule is COc1cccc(C(=O)C2(CCOC(=O)C(O)c3cscn3)C=CC=N2)c1N. The Morgan fingerprint density at radius 2 is 2.21 bits per heavy atom. The van der Waals surface area contributed by atoms with Crippen LogP contribution in [0.15, 0.2) is 46.2 Å². The molecule has 1 aliphatic rings. The van der Waals surface area contributed by atoms with Crippen molar-refractivity contribution in [1.29, 1.82) is 0 Å². The Balaban J connectivity index is 1.71. The van der Waals surface area contributed by atoms with Crippen molar-refractivity contribution in [2.45, 2.75) is 18.1 Å². The van der Waals surface area contributed by atoms with Gasteiger partial charge in [-0.05, 0) is 24.3 Å². The number of allylic oxidation sites excluding steroid dienone is 1. The van der Waals surface area contributed by atoms with Gasteiger partial charge < -0.3 is 20.3 Å². The summed E-state index contributed by atoms with van der Waals surface area (Å²) in [4.78, 5) is 33.3. The highest BCUT2D eigenvalue weighted by Crippen LogP contribution is 2.33. The standard InChI is InChI=1S/C19H19N3O5S/c1-26-14-5-2-4-12(15(14)20)17(24)19(6-3-8-22-19)7-9-27-18(25)16(23)13-10-28-11-21-13/h2-6,8,10-11,16,23H,7,9,20H2,1H3. The molecule has 2 unspecified atom stereocenters. The molecule has 3 N–H and O–H groups in total. The molecule has 28 heavy (non-hydrogen) atoms. The van der Waals surface area contributed by atoms with Crippen LogP contribution < -0.4 is 10.5 Å². The number of benzene rings is 1. The molecule has 2 heterocycles. The lowest BCUT2D eigenvalue weighted by Crippen LogP contribution is -2.36. The molecule has 0 radical (unpaired) electrons. The number of hydrogen-bond acceptors (Lipinski definition) is 9. The van der Waals surface area contributed by atoms with Crippen LogP contribution in [0.5, 0.6) is 5.75 Å². The number of hydrogen-bond donors (Lipinski definition) is 2. The zero-order valence-corrected chi connectivity index (χ0v) is 15.9. The van der Waals surface area contributed by atoms with Gasteiger partial charge in [-0.3, -0.25) is 9.79 Å². The van der Waals surface area contributed by atoms with Crippen molar-refractivity contribution < 1.29 is 24.2 Å². The third kappa shape index (κ3) is 3.80. The van der Waals surface area contributed by atoms with Crippen molar-refractivity contribution in [1.82, 2.24) is 4.98 Å². The summed E-state index contributed by atoms with van der Waals surface area (Å²) >= 11 is 1.26. The third-order valence-corrected chi connectivity index (χ3v) is 4.97. The Hall–Kier alpha value is -3.04. The van der Waals surface area contributed by atoms with Crippen LogP contribution in [-0.2, 0) is 9.53 Å². The summed E-state index contributed by atoms with van der Waals surface area (Å²) in [7, 11) is 1.47. The second-order valence-corrected chi connectivity index (χ2v) is 6.76. The van der Waals surface area contributed by atoms with Gasteiger partial charge in [0.1, 0.15) is 11.3 Å². The summed E-state index contributed by atoms with van der Waals surface area (Å²) in [5.74, 6) is -0.768. The number of rotatable bonds is 8. The number of esters is 1. The van der Waals surface area contributed by atoms with E-state index in [1.807, 2.05) is 0 Å². The number of aliphatic hydroxyl groups is 1. The van der Waals surface area contributed by atoms with Crippen LogP contribution in [-0.4, -0.2) is 47.3 Å². The molecule has 0 saturated carbocycles. The number of para-hydroxylation sites is 1. The summed E-state index contributed by atoms with van der Waals surface area (Å²) in [6.07, 6.45) is 3.44.